The summed E-state index contributed by atoms with van der Waals surface area (Å²) in [5.41, 5.74) is 1.98. The van der Waals surface area contributed by atoms with Gasteiger partial charge >= 0.3 is 0 Å². The smallest absolute Gasteiger partial charge is 0.145 e. The molecule has 0 aliphatic heterocycles. The summed E-state index contributed by atoms with van der Waals surface area (Å²) < 4.78 is 0. The van der Waals surface area contributed by atoms with Crippen molar-refractivity contribution in [3.8, 4) is 0 Å². The van der Waals surface area contributed by atoms with Crippen LogP contribution in [-0.2, 0) is 4.79 Å². The van der Waals surface area contributed by atoms with Gasteiger partial charge in [0.05, 0.1) is 0 Å². The van der Waals surface area contributed by atoms with Crippen LogP contribution in [0.1, 0.15) is 72.1 Å². The summed E-state index contributed by atoms with van der Waals surface area (Å²) in [5.74, 6) is 0. The maximum absolute atomic E-state index is 10.4. The highest BCUT2D eigenvalue weighted by molar-refractivity contribution is 5.72. The van der Waals surface area contributed by atoms with Crippen molar-refractivity contribution in [3.63, 3.8) is 0 Å². The third-order valence-electron chi connectivity index (χ3n) is 3.37. The number of aldehydes is 1. The Hall–Kier alpha value is -1.37. The minimum atomic E-state index is 0.742. The first kappa shape index (κ1) is 19.6. The van der Waals surface area contributed by atoms with Gasteiger partial charge in [-0.15, -0.1) is 0 Å². The fourth-order valence-electron chi connectivity index (χ4n) is 2.00. The molecule has 0 spiro atoms. The molecule has 0 aliphatic carbocycles. The third-order valence-corrected chi connectivity index (χ3v) is 3.37. The van der Waals surface area contributed by atoms with Gasteiger partial charge in [-0.3, -0.25) is 4.79 Å². The van der Waals surface area contributed by atoms with Crippen molar-refractivity contribution < 1.29 is 4.79 Å². The molecule has 0 aromatic carbocycles. The molecule has 0 N–H and O–H groups in total. The second-order valence-corrected chi connectivity index (χ2v) is 5.64. The Balaban J connectivity index is 3.70. The van der Waals surface area contributed by atoms with Crippen LogP contribution >= 0.6 is 0 Å². The third kappa shape index (κ3) is 14.8. The van der Waals surface area contributed by atoms with Crippen molar-refractivity contribution in [2.45, 2.75) is 72.1 Å². The molecule has 1 nitrogen and oxygen atoms in total. The predicted octanol–water partition coefficient (Wildman–Crippen LogP) is 6.33. The van der Waals surface area contributed by atoms with Crippen molar-refractivity contribution in [3.05, 3.63) is 47.6 Å². The Bertz CT molecular complexity index is 369. The Morgan fingerprint density at radius 2 is 1.38 bits per heavy atom. The van der Waals surface area contributed by atoms with Crippen LogP contribution in [0.4, 0.5) is 0 Å². The lowest BCUT2D eigenvalue weighted by Gasteiger charge is -1.98. The summed E-state index contributed by atoms with van der Waals surface area (Å²) >= 11 is 0. The van der Waals surface area contributed by atoms with Crippen molar-refractivity contribution in [1.29, 1.82) is 0 Å². The topological polar surface area (TPSA) is 17.1 Å². The molecule has 0 radical (unpaired) electrons. The first-order chi connectivity index (χ1) is 10.2. The maximum Gasteiger partial charge on any atom is 0.145 e. The van der Waals surface area contributed by atoms with E-state index in [-0.39, 0.29) is 0 Å². The number of rotatable bonds is 12. The van der Waals surface area contributed by atoms with E-state index in [0.29, 0.717) is 0 Å². The van der Waals surface area contributed by atoms with Gasteiger partial charge in [0, 0.05) is 0 Å². The zero-order chi connectivity index (χ0) is 15.8. The van der Waals surface area contributed by atoms with Crippen molar-refractivity contribution in [2.75, 3.05) is 0 Å². The highest BCUT2D eigenvalue weighted by Crippen LogP contribution is 2.09. The van der Waals surface area contributed by atoms with Crippen molar-refractivity contribution in [2.24, 2.45) is 0 Å². The van der Waals surface area contributed by atoms with Gasteiger partial charge in [0.15, 0.2) is 0 Å². The van der Waals surface area contributed by atoms with Crippen LogP contribution in [0.25, 0.3) is 0 Å². The van der Waals surface area contributed by atoms with Crippen molar-refractivity contribution >= 4 is 6.29 Å². The summed E-state index contributed by atoms with van der Waals surface area (Å²) in [5, 5.41) is 0. The van der Waals surface area contributed by atoms with Gasteiger partial charge in [0.2, 0.25) is 0 Å². The summed E-state index contributed by atoms with van der Waals surface area (Å²) in [6.45, 7) is 6.16. The minimum absolute atomic E-state index is 0.742. The molecule has 0 bridgehead atoms. The number of hydrogen-bond donors (Lipinski definition) is 0. The number of allylic oxidation sites excluding steroid dienone is 8. The number of carbonyl (C=O) groups is 1. The molecule has 1 heteroatoms. The second-order valence-electron chi connectivity index (χ2n) is 5.64. The average Bonchev–Trinajstić information content (AvgIpc) is 2.49. The quantitative estimate of drug-likeness (QED) is 0.177. The van der Waals surface area contributed by atoms with E-state index < -0.39 is 0 Å². The molecule has 21 heavy (non-hydrogen) atoms. The monoisotopic (exact) mass is 288 g/mol. The zero-order valence-electron chi connectivity index (χ0n) is 14.1. The van der Waals surface area contributed by atoms with Gasteiger partial charge in [-0.2, -0.15) is 0 Å². The Labute approximate surface area is 131 Å². The van der Waals surface area contributed by atoms with Crippen LogP contribution in [0.15, 0.2) is 47.6 Å². The van der Waals surface area contributed by atoms with Gasteiger partial charge in [-0.1, -0.05) is 87.5 Å². The van der Waals surface area contributed by atoms with E-state index in [4.69, 9.17) is 0 Å². The van der Waals surface area contributed by atoms with E-state index >= 15 is 0 Å². The molecular weight excluding hydrogens is 256 g/mol. The molecule has 0 aromatic rings. The Morgan fingerprint density at radius 3 is 2.00 bits per heavy atom. The first-order valence-corrected chi connectivity index (χ1v) is 8.34. The van der Waals surface area contributed by atoms with Crippen LogP contribution in [0, 0.1) is 0 Å². The highest BCUT2D eigenvalue weighted by Gasteiger charge is 1.89. The Kier molecular flexibility index (Phi) is 14.0. The summed E-state index contributed by atoms with van der Waals surface area (Å²) in [6, 6.07) is 0. The van der Waals surface area contributed by atoms with E-state index in [9.17, 15) is 4.79 Å². The van der Waals surface area contributed by atoms with Crippen molar-refractivity contribution in [1.82, 2.24) is 0 Å². The fourth-order valence-corrected chi connectivity index (χ4v) is 2.00. The van der Waals surface area contributed by atoms with Gasteiger partial charge < -0.3 is 0 Å². The normalized spacial score (nSPS) is 13.5. The van der Waals surface area contributed by atoms with E-state index in [1.165, 1.54) is 56.9 Å². The predicted molar refractivity (Wildman–Crippen MR) is 94.5 cm³/mol. The van der Waals surface area contributed by atoms with Crippen LogP contribution in [-0.4, -0.2) is 6.29 Å². The summed E-state index contributed by atoms with van der Waals surface area (Å²) in [6.07, 6.45) is 23.8. The van der Waals surface area contributed by atoms with E-state index in [1.807, 2.05) is 18.2 Å². The van der Waals surface area contributed by atoms with Gasteiger partial charge in [0.1, 0.15) is 6.29 Å². The Morgan fingerprint density at radius 1 is 0.810 bits per heavy atom. The molecule has 0 heterocycles. The molecule has 0 saturated carbocycles. The zero-order valence-corrected chi connectivity index (χ0v) is 14.1. The standard InChI is InChI=1S/C20H32O/c1-4-5-6-7-8-9-10-11-12-15-19(2)16-13-14-17-20(3)18-21/h12-18H,4-11H2,1-3H3/b14-13+,15-12+,19-16+,20-17+. The molecule has 0 saturated heterocycles. The van der Waals surface area contributed by atoms with Gasteiger partial charge in [-0.25, -0.2) is 0 Å². The number of hydrogen-bond acceptors (Lipinski definition) is 1. The molecular formula is C20H32O. The molecule has 0 atom stereocenters. The van der Waals surface area contributed by atoms with Crippen LogP contribution in [0.5, 0.6) is 0 Å². The lowest BCUT2D eigenvalue weighted by atomic mass is 10.1. The molecule has 0 aliphatic rings. The number of carbonyl (C=O) groups excluding carboxylic acids is 1. The lowest BCUT2D eigenvalue weighted by Crippen LogP contribution is -1.79. The lowest BCUT2D eigenvalue weighted by molar-refractivity contribution is -0.104. The largest absolute Gasteiger partial charge is 0.298 e. The van der Waals surface area contributed by atoms with Gasteiger partial charge in [0.25, 0.3) is 0 Å². The first-order valence-electron chi connectivity index (χ1n) is 8.34. The fraction of sp³-hybridized carbons (Fsp3) is 0.550. The molecule has 118 valence electrons. The molecule has 0 fully saturated rings. The molecule has 0 aromatic heterocycles. The minimum Gasteiger partial charge on any atom is -0.298 e. The molecule has 0 amide bonds. The average molecular weight is 288 g/mol. The number of unbranched alkanes of at least 4 members (excludes halogenated alkanes) is 7. The SMILES string of the molecule is CCCCCCCCC/C=C/C(C)=C/C=C/C=C(\C)C=O. The second kappa shape index (κ2) is 15.0. The van der Waals surface area contributed by atoms with Crippen LogP contribution in [0.2, 0.25) is 0 Å². The maximum atomic E-state index is 10.4. The van der Waals surface area contributed by atoms with E-state index in [2.05, 4.69) is 32.1 Å². The van der Waals surface area contributed by atoms with Gasteiger partial charge in [-0.05, 0) is 32.3 Å². The molecule has 0 unspecified atom stereocenters. The van der Waals surface area contributed by atoms with E-state index in [1.54, 1.807) is 6.92 Å². The highest BCUT2D eigenvalue weighted by atomic mass is 16.1. The summed E-state index contributed by atoms with van der Waals surface area (Å²) in [4.78, 5) is 10.4. The van der Waals surface area contributed by atoms with Crippen LogP contribution in [0.3, 0.4) is 0 Å². The van der Waals surface area contributed by atoms with Crippen LogP contribution < -0.4 is 0 Å². The molecule has 0 rings (SSSR count). The van der Waals surface area contributed by atoms with E-state index in [0.717, 1.165) is 11.9 Å². The summed E-state index contributed by atoms with van der Waals surface area (Å²) in [7, 11) is 0.